The topological polar surface area (TPSA) is 55.1 Å². The highest BCUT2D eigenvalue weighted by Crippen LogP contribution is 2.29. The summed E-state index contributed by atoms with van der Waals surface area (Å²) >= 11 is -0.127. The summed E-state index contributed by atoms with van der Waals surface area (Å²) < 4.78 is 34.7. The lowest BCUT2D eigenvalue weighted by Gasteiger charge is -2.10. The summed E-state index contributed by atoms with van der Waals surface area (Å²) in [5, 5.41) is 2.56. The van der Waals surface area contributed by atoms with E-state index in [-0.39, 0.29) is 24.1 Å². The standard InChI is InChI=1S/C6H11F3N2OS/c1-4(5(10)12)11-2-3-13-6(7,8)9/h4,11H,2-3H2,1H3,(H2,10,12). The van der Waals surface area contributed by atoms with Crippen LogP contribution in [0.5, 0.6) is 0 Å². The number of alkyl halides is 3. The lowest BCUT2D eigenvalue weighted by Crippen LogP contribution is -2.39. The van der Waals surface area contributed by atoms with Gasteiger partial charge in [0.1, 0.15) is 0 Å². The predicted molar refractivity (Wildman–Crippen MR) is 45.2 cm³/mol. The largest absolute Gasteiger partial charge is 0.441 e. The molecule has 0 aliphatic rings. The third-order valence-electron chi connectivity index (χ3n) is 1.25. The number of nitrogens with two attached hydrogens (primary N) is 1. The average molecular weight is 216 g/mol. The van der Waals surface area contributed by atoms with Crippen molar-refractivity contribution in [3.05, 3.63) is 0 Å². The number of nitrogens with one attached hydrogen (secondary N) is 1. The summed E-state index contributed by atoms with van der Waals surface area (Å²) in [5.74, 6) is -0.696. The minimum absolute atomic E-state index is 0.105. The van der Waals surface area contributed by atoms with Crippen molar-refractivity contribution in [3.8, 4) is 0 Å². The molecule has 1 unspecified atom stereocenters. The molecule has 0 heterocycles. The van der Waals surface area contributed by atoms with Crippen molar-refractivity contribution in [1.29, 1.82) is 0 Å². The van der Waals surface area contributed by atoms with Crippen LogP contribution >= 0.6 is 11.8 Å². The van der Waals surface area contributed by atoms with Gasteiger partial charge in [-0.25, -0.2) is 0 Å². The van der Waals surface area contributed by atoms with Crippen molar-refractivity contribution >= 4 is 17.7 Å². The van der Waals surface area contributed by atoms with Gasteiger partial charge in [-0.1, -0.05) is 0 Å². The Hall–Kier alpha value is -0.430. The van der Waals surface area contributed by atoms with E-state index in [1.54, 1.807) is 0 Å². The summed E-state index contributed by atoms with van der Waals surface area (Å²) in [6, 6.07) is -0.589. The molecule has 13 heavy (non-hydrogen) atoms. The van der Waals surface area contributed by atoms with E-state index in [9.17, 15) is 18.0 Å². The van der Waals surface area contributed by atoms with Gasteiger partial charge in [0.2, 0.25) is 5.91 Å². The average Bonchev–Trinajstić information content (AvgIpc) is 1.95. The van der Waals surface area contributed by atoms with Crippen LogP contribution in [-0.4, -0.2) is 29.8 Å². The van der Waals surface area contributed by atoms with Gasteiger partial charge in [0.05, 0.1) is 6.04 Å². The van der Waals surface area contributed by atoms with Crippen molar-refractivity contribution in [2.45, 2.75) is 18.5 Å². The van der Waals surface area contributed by atoms with Crippen LogP contribution < -0.4 is 11.1 Å². The number of amides is 1. The van der Waals surface area contributed by atoms with Crippen molar-refractivity contribution in [3.63, 3.8) is 0 Å². The van der Waals surface area contributed by atoms with E-state index in [0.29, 0.717) is 0 Å². The summed E-state index contributed by atoms with van der Waals surface area (Å²) in [7, 11) is 0. The molecule has 3 N–H and O–H groups in total. The normalized spacial score (nSPS) is 14.2. The maximum Gasteiger partial charge on any atom is 0.441 e. The van der Waals surface area contributed by atoms with Gasteiger partial charge in [0.25, 0.3) is 0 Å². The summed E-state index contributed by atoms with van der Waals surface area (Å²) in [5.41, 5.74) is 0.663. The fourth-order valence-electron chi connectivity index (χ4n) is 0.543. The van der Waals surface area contributed by atoms with Crippen LogP contribution in [0.1, 0.15) is 6.92 Å². The van der Waals surface area contributed by atoms with Crippen LogP contribution in [0.4, 0.5) is 13.2 Å². The number of rotatable bonds is 5. The smallest absolute Gasteiger partial charge is 0.368 e. The van der Waals surface area contributed by atoms with Gasteiger partial charge >= 0.3 is 5.51 Å². The van der Waals surface area contributed by atoms with E-state index in [4.69, 9.17) is 5.73 Å². The minimum atomic E-state index is -4.21. The van der Waals surface area contributed by atoms with Crippen molar-refractivity contribution < 1.29 is 18.0 Å². The molecule has 1 atom stereocenters. The molecule has 0 aliphatic heterocycles. The first-order valence-electron chi connectivity index (χ1n) is 3.56. The van der Waals surface area contributed by atoms with Crippen molar-refractivity contribution in [2.24, 2.45) is 5.73 Å². The molecule has 0 bridgehead atoms. The van der Waals surface area contributed by atoms with Crippen LogP contribution in [0.25, 0.3) is 0 Å². The molecule has 0 fully saturated rings. The molecule has 78 valence electrons. The van der Waals surface area contributed by atoms with E-state index in [0.717, 1.165) is 0 Å². The van der Waals surface area contributed by atoms with Crippen molar-refractivity contribution in [2.75, 3.05) is 12.3 Å². The number of carbonyl (C=O) groups excluding carboxylic acids is 1. The van der Waals surface area contributed by atoms with Gasteiger partial charge in [0.15, 0.2) is 0 Å². The van der Waals surface area contributed by atoms with E-state index in [2.05, 4.69) is 5.32 Å². The number of halogens is 3. The Balaban J connectivity index is 3.41. The van der Waals surface area contributed by atoms with E-state index in [1.165, 1.54) is 6.92 Å². The zero-order valence-electron chi connectivity index (χ0n) is 7.02. The lowest BCUT2D eigenvalue weighted by molar-refractivity contribution is -0.119. The minimum Gasteiger partial charge on any atom is -0.368 e. The third kappa shape index (κ3) is 7.92. The monoisotopic (exact) mass is 216 g/mol. The molecular formula is C6H11F3N2OS. The van der Waals surface area contributed by atoms with Crippen LogP contribution in [0.2, 0.25) is 0 Å². The van der Waals surface area contributed by atoms with Gasteiger partial charge < -0.3 is 11.1 Å². The number of hydrogen-bond acceptors (Lipinski definition) is 3. The quantitative estimate of drug-likeness (QED) is 0.665. The van der Waals surface area contributed by atoms with Gasteiger partial charge in [-0.2, -0.15) is 13.2 Å². The molecule has 1 amide bonds. The molecule has 0 aromatic heterocycles. The highest BCUT2D eigenvalue weighted by Gasteiger charge is 2.27. The molecule has 0 aromatic rings. The molecule has 0 saturated carbocycles. The molecular weight excluding hydrogens is 205 g/mol. The Morgan fingerprint density at radius 1 is 1.62 bits per heavy atom. The molecule has 7 heteroatoms. The number of hydrogen-bond donors (Lipinski definition) is 2. The summed E-state index contributed by atoms with van der Waals surface area (Å²) in [6.45, 7) is 1.61. The maximum atomic E-state index is 11.6. The first-order valence-corrected chi connectivity index (χ1v) is 4.55. The first-order chi connectivity index (χ1) is 5.83. The maximum absolute atomic E-state index is 11.6. The zero-order chi connectivity index (χ0) is 10.5. The van der Waals surface area contributed by atoms with Gasteiger partial charge in [0, 0.05) is 12.3 Å². The van der Waals surface area contributed by atoms with Gasteiger partial charge in [-0.3, -0.25) is 4.79 Å². The van der Waals surface area contributed by atoms with Crippen molar-refractivity contribution in [1.82, 2.24) is 5.32 Å². The van der Waals surface area contributed by atoms with Crippen LogP contribution in [0.3, 0.4) is 0 Å². The number of thioether (sulfide) groups is 1. The van der Waals surface area contributed by atoms with E-state index in [1.807, 2.05) is 0 Å². The van der Waals surface area contributed by atoms with Gasteiger partial charge in [-0.15, -0.1) is 0 Å². The Morgan fingerprint density at radius 2 is 2.15 bits per heavy atom. The SMILES string of the molecule is CC(NCCSC(F)(F)F)C(N)=O. The molecule has 3 nitrogen and oxygen atoms in total. The van der Waals surface area contributed by atoms with E-state index >= 15 is 0 Å². The van der Waals surface area contributed by atoms with Crippen LogP contribution in [0, 0.1) is 0 Å². The summed E-state index contributed by atoms with van der Waals surface area (Å²) in [6.07, 6.45) is 0. The fraction of sp³-hybridized carbons (Fsp3) is 0.833. The van der Waals surface area contributed by atoms with Gasteiger partial charge in [-0.05, 0) is 18.7 Å². The summed E-state index contributed by atoms with van der Waals surface area (Å²) in [4.78, 5) is 10.4. The molecule has 0 aliphatic carbocycles. The Kier molecular flexibility index (Phi) is 5.16. The highest BCUT2D eigenvalue weighted by atomic mass is 32.2. The molecule has 0 radical (unpaired) electrons. The fourth-order valence-corrected chi connectivity index (χ4v) is 0.994. The number of carbonyl (C=O) groups is 1. The molecule has 0 rings (SSSR count). The Bertz CT molecular complexity index is 174. The molecule has 0 aromatic carbocycles. The lowest BCUT2D eigenvalue weighted by atomic mass is 10.3. The highest BCUT2D eigenvalue weighted by molar-refractivity contribution is 8.00. The van der Waals surface area contributed by atoms with E-state index < -0.39 is 17.5 Å². The zero-order valence-corrected chi connectivity index (χ0v) is 7.84. The van der Waals surface area contributed by atoms with Crippen LogP contribution in [-0.2, 0) is 4.79 Å². The molecule has 0 saturated heterocycles. The predicted octanol–water partition coefficient (Wildman–Crippen LogP) is 0.703. The first kappa shape index (κ1) is 12.6. The second-order valence-corrected chi connectivity index (χ2v) is 3.53. The Morgan fingerprint density at radius 3 is 2.54 bits per heavy atom. The molecule has 0 spiro atoms. The third-order valence-corrected chi connectivity index (χ3v) is 1.98. The Labute approximate surface area is 78.2 Å². The van der Waals surface area contributed by atoms with Crippen LogP contribution in [0.15, 0.2) is 0 Å². The second-order valence-electron chi connectivity index (χ2n) is 2.37. The number of primary amides is 1. The second kappa shape index (κ2) is 5.33.